The molecule has 17 heteroatoms. The molecule has 0 aliphatic carbocycles. The highest BCUT2D eigenvalue weighted by Gasteiger charge is 2.65. The van der Waals surface area contributed by atoms with E-state index in [0.717, 1.165) is 26.1 Å². The van der Waals surface area contributed by atoms with E-state index in [9.17, 15) is 24.1 Å². The minimum Gasteiger partial charge on any atom is -0.480 e. The van der Waals surface area contributed by atoms with E-state index in [-0.39, 0.29) is 5.82 Å². The molecule has 0 saturated carbocycles. The molecule has 1 fully saturated rings. The predicted molar refractivity (Wildman–Crippen MR) is 120 cm³/mol. The first kappa shape index (κ1) is 29.7. The van der Waals surface area contributed by atoms with Gasteiger partial charge in [-0.3, -0.25) is 23.2 Å². The van der Waals surface area contributed by atoms with Crippen molar-refractivity contribution >= 4 is 25.4 Å². The highest BCUT2D eigenvalue weighted by Crippen LogP contribution is 2.49. The predicted octanol–water partition coefficient (Wildman–Crippen LogP) is 0.226. The number of aliphatic hydroxyl groups excluding tert-OH is 1. The first-order chi connectivity index (χ1) is 16.4. The number of hydrogen-bond donors (Lipinski definition) is 5. The summed E-state index contributed by atoms with van der Waals surface area (Å²) in [5, 5.41) is 23.9. The highest BCUT2D eigenvalue weighted by atomic mass is 31.2. The van der Waals surface area contributed by atoms with Crippen molar-refractivity contribution < 1.29 is 47.1 Å². The van der Waals surface area contributed by atoms with Crippen LogP contribution >= 0.6 is 7.67 Å². The third-order valence-corrected chi connectivity index (χ3v) is 7.03. The standard InChI is InChI=1S/C19H30F2N5O9P/c1-9(2)34-14(29)11(4)25-36(32,24-10(3)13(27)28)33-8-19(21)15(30)18(5,20)16(35-19)26-7-6-12(22)23-17(26)31/h6-7,9-11,15-16,30H,8H2,1-5H3,(H,27,28)(H2,22,23,31)(H2,24,25,32)/t10?,11?,15-,16+,18+,19+,36?/m0/s1. The monoisotopic (exact) mass is 541 g/mol. The van der Waals surface area contributed by atoms with Crippen molar-refractivity contribution in [3.63, 3.8) is 0 Å². The lowest BCUT2D eigenvalue weighted by atomic mass is 9.97. The minimum atomic E-state index is -4.59. The van der Waals surface area contributed by atoms with Crippen LogP contribution in [0.25, 0.3) is 0 Å². The zero-order valence-electron chi connectivity index (χ0n) is 20.2. The summed E-state index contributed by atoms with van der Waals surface area (Å²) < 4.78 is 60.0. The first-order valence-electron chi connectivity index (χ1n) is 10.7. The number of carboxylic acid groups (broad SMARTS) is 1. The number of alkyl halides is 2. The maximum Gasteiger partial charge on any atom is 0.351 e. The number of nitrogens with zero attached hydrogens (tertiary/aromatic N) is 2. The maximum atomic E-state index is 15.7. The summed E-state index contributed by atoms with van der Waals surface area (Å²) in [5.74, 6) is -5.91. The van der Waals surface area contributed by atoms with Crippen LogP contribution in [0.5, 0.6) is 0 Å². The highest BCUT2D eigenvalue weighted by molar-refractivity contribution is 7.54. The molecule has 6 N–H and O–H groups in total. The Morgan fingerprint density at radius 2 is 1.89 bits per heavy atom. The van der Waals surface area contributed by atoms with Gasteiger partial charge in [0, 0.05) is 6.20 Å². The van der Waals surface area contributed by atoms with Crippen LogP contribution in [0.15, 0.2) is 17.1 Å². The molecule has 204 valence electrons. The Kier molecular flexibility index (Phi) is 8.97. The maximum absolute atomic E-state index is 15.7. The zero-order valence-corrected chi connectivity index (χ0v) is 21.1. The van der Waals surface area contributed by atoms with E-state index in [1.54, 1.807) is 13.8 Å². The SMILES string of the molecule is CC(C)OC(=O)C(C)NP(=O)(NC(C)C(=O)O)OC[C@@]1(F)O[C@@H](n2ccc(N)nc2=O)[C@](C)(F)[C@@H]1O. The van der Waals surface area contributed by atoms with Gasteiger partial charge in [0.15, 0.2) is 18.0 Å². The molecule has 36 heavy (non-hydrogen) atoms. The number of halogens is 2. The van der Waals surface area contributed by atoms with Gasteiger partial charge in [0.25, 0.3) is 5.85 Å². The summed E-state index contributed by atoms with van der Waals surface area (Å²) in [6.45, 7) is 4.80. The first-order valence-corrected chi connectivity index (χ1v) is 12.4. The van der Waals surface area contributed by atoms with Crippen molar-refractivity contribution in [2.75, 3.05) is 12.3 Å². The molecule has 0 bridgehead atoms. The Balaban J connectivity index is 2.30. The summed E-state index contributed by atoms with van der Waals surface area (Å²) in [4.78, 5) is 38.9. The van der Waals surface area contributed by atoms with Gasteiger partial charge in [0.1, 0.15) is 24.5 Å². The summed E-state index contributed by atoms with van der Waals surface area (Å²) in [6.07, 6.45) is -4.14. The normalized spacial score (nSPS) is 29.5. The van der Waals surface area contributed by atoms with Gasteiger partial charge in [-0.2, -0.15) is 4.98 Å². The molecule has 2 heterocycles. The number of nitrogens with one attached hydrogen (secondary N) is 2. The van der Waals surface area contributed by atoms with Crippen molar-refractivity contribution in [3.8, 4) is 0 Å². The molecule has 0 aromatic carbocycles. The Morgan fingerprint density at radius 1 is 1.31 bits per heavy atom. The number of anilines is 1. The van der Waals surface area contributed by atoms with Crippen LogP contribution in [-0.4, -0.2) is 74.1 Å². The third-order valence-electron chi connectivity index (χ3n) is 5.08. The fourth-order valence-electron chi connectivity index (χ4n) is 3.21. The second-order valence-electron chi connectivity index (χ2n) is 8.70. The Morgan fingerprint density at radius 3 is 2.42 bits per heavy atom. The lowest BCUT2D eigenvalue weighted by Gasteiger charge is -2.29. The molecule has 3 unspecified atom stereocenters. The molecular formula is C19H30F2N5O9P. The number of rotatable bonds is 11. The molecule has 14 nitrogen and oxygen atoms in total. The third kappa shape index (κ3) is 6.63. The quantitative estimate of drug-likeness (QED) is 0.188. The number of carboxylic acids is 1. The van der Waals surface area contributed by atoms with E-state index in [2.05, 4.69) is 15.2 Å². The fourth-order valence-corrected chi connectivity index (χ4v) is 5.03. The number of ether oxygens (including phenoxy) is 2. The molecule has 0 spiro atoms. The Hall–Kier alpha value is -2.49. The summed E-state index contributed by atoms with van der Waals surface area (Å²) in [6, 6.07) is -1.72. The van der Waals surface area contributed by atoms with Crippen LogP contribution in [0.4, 0.5) is 14.6 Å². The number of carbonyl (C=O) groups excluding carboxylic acids is 1. The Labute approximate surface area is 204 Å². The number of hydrogen-bond acceptors (Lipinski definition) is 10. The van der Waals surface area contributed by atoms with Crippen LogP contribution < -0.4 is 21.6 Å². The van der Waals surface area contributed by atoms with Gasteiger partial charge in [0.2, 0.25) is 0 Å². The number of aliphatic carboxylic acids is 1. The molecule has 2 rings (SSSR count). The molecule has 1 aromatic heterocycles. The second kappa shape index (κ2) is 10.9. The molecule has 0 radical (unpaired) electrons. The van der Waals surface area contributed by atoms with Crippen molar-refractivity contribution in [1.82, 2.24) is 19.7 Å². The number of aliphatic hydroxyl groups is 1. The molecule has 1 aliphatic rings. The number of nitrogen functional groups attached to an aromatic ring is 1. The van der Waals surface area contributed by atoms with Gasteiger partial charge in [0.05, 0.1) is 6.10 Å². The van der Waals surface area contributed by atoms with Gasteiger partial charge in [-0.15, -0.1) is 0 Å². The Bertz CT molecular complexity index is 1090. The lowest BCUT2D eigenvalue weighted by Crippen LogP contribution is -2.48. The van der Waals surface area contributed by atoms with Gasteiger partial charge in [-0.1, -0.05) is 0 Å². The largest absolute Gasteiger partial charge is 0.480 e. The second-order valence-corrected chi connectivity index (χ2v) is 10.6. The smallest absolute Gasteiger partial charge is 0.351 e. The van der Waals surface area contributed by atoms with Gasteiger partial charge in [-0.05, 0) is 40.7 Å². The average molecular weight is 541 g/mol. The topological polar surface area (TPSA) is 204 Å². The number of carbonyl (C=O) groups is 2. The summed E-state index contributed by atoms with van der Waals surface area (Å²) >= 11 is 0. The van der Waals surface area contributed by atoms with Crippen molar-refractivity contribution in [2.24, 2.45) is 0 Å². The van der Waals surface area contributed by atoms with Crippen LogP contribution in [-0.2, 0) is 28.2 Å². The van der Waals surface area contributed by atoms with Crippen LogP contribution in [0, 0.1) is 0 Å². The van der Waals surface area contributed by atoms with Crippen molar-refractivity contribution in [3.05, 3.63) is 22.7 Å². The molecule has 1 aromatic rings. The van der Waals surface area contributed by atoms with Crippen molar-refractivity contribution in [2.45, 2.75) is 76.7 Å². The minimum absolute atomic E-state index is 0.194. The molecule has 1 aliphatic heterocycles. The van der Waals surface area contributed by atoms with E-state index >= 15 is 8.78 Å². The van der Waals surface area contributed by atoms with Gasteiger partial charge in [-0.25, -0.2) is 23.7 Å². The van der Waals surface area contributed by atoms with Crippen LogP contribution in [0.3, 0.4) is 0 Å². The fraction of sp³-hybridized carbons (Fsp3) is 0.684. The van der Waals surface area contributed by atoms with E-state index in [1.165, 1.54) is 6.92 Å². The summed E-state index contributed by atoms with van der Waals surface area (Å²) in [7, 11) is -4.59. The van der Waals surface area contributed by atoms with Gasteiger partial charge < -0.3 is 25.4 Å². The van der Waals surface area contributed by atoms with E-state index < -0.39 is 73.9 Å². The molecule has 7 atom stereocenters. The molecular weight excluding hydrogens is 511 g/mol. The number of esters is 1. The van der Waals surface area contributed by atoms with Crippen LogP contribution in [0.2, 0.25) is 0 Å². The van der Waals surface area contributed by atoms with Gasteiger partial charge >= 0.3 is 25.3 Å². The molecule has 0 amide bonds. The number of nitrogens with two attached hydrogens (primary N) is 1. The zero-order chi connectivity index (χ0) is 27.6. The average Bonchev–Trinajstić information content (AvgIpc) is 2.92. The van der Waals surface area contributed by atoms with Crippen molar-refractivity contribution in [1.29, 1.82) is 0 Å². The van der Waals surface area contributed by atoms with E-state index in [1.807, 2.05) is 0 Å². The number of aromatic nitrogens is 2. The summed E-state index contributed by atoms with van der Waals surface area (Å²) in [5.41, 5.74) is 1.39. The van der Waals surface area contributed by atoms with E-state index in [4.69, 9.17) is 24.8 Å². The van der Waals surface area contributed by atoms with E-state index in [0.29, 0.717) is 4.57 Å². The van der Waals surface area contributed by atoms with Crippen LogP contribution in [0.1, 0.15) is 40.8 Å². The molecule has 1 saturated heterocycles. The lowest BCUT2D eigenvalue weighted by molar-refractivity contribution is -0.203.